The molecule has 0 saturated heterocycles. The molecule has 0 aromatic heterocycles. The molecule has 0 heterocycles. The molecule has 0 bridgehead atoms. The Bertz CT molecular complexity index is 202. The van der Waals surface area contributed by atoms with Crippen molar-refractivity contribution in [2.75, 3.05) is 20.1 Å². The van der Waals surface area contributed by atoms with Crippen LogP contribution in [0, 0.1) is 11.8 Å². The lowest BCUT2D eigenvalue weighted by molar-refractivity contribution is -0.130. The molecule has 88 valence electrons. The first-order chi connectivity index (χ1) is 7.13. The summed E-state index contributed by atoms with van der Waals surface area (Å²) in [6.07, 6.45) is 5.30. The van der Waals surface area contributed by atoms with Crippen LogP contribution in [0.5, 0.6) is 0 Å². The third-order valence-electron chi connectivity index (χ3n) is 3.17. The van der Waals surface area contributed by atoms with Crippen LogP contribution in [0.4, 0.5) is 0 Å². The van der Waals surface area contributed by atoms with Gasteiger partial charge in [0.2, 0.25) is 5.91 Å². The second kappa shape index (κ2) is 6.11. The van der Waals surface area contributed by atoms with Gasteiger partial charge in [0.15, 0.2) is 0 Å². The maximum Gasteiger partial charge on any atom is 0.222 e. The summed E-state index contributed by atoms with van der Waals surface area (Å²) in [5, 5.41) is 0. The fourth-order valence-corrected chi connectivity index (χ4v) is 1.78. The average molecular weight is 212 g/mol. The molecule has 15 heavy (non-hydrogen) atoms. The number of rotatable bonds is 7. The zero-order valence-electron chi connectivity index (χ0n) is 10.0. The summed E-state index contributed by atoms with van der Waals surface area (Å²) in [4.78, 5) is 13.6. The van der Waals surface area contributed by atoms with Gasteiger partial charge in [-0.1, -0.05) is 6.92 Å². The summed E-state index contributed by atoms with van der Waals surface area (Å²) in [5.74, 6) is 1.67. The molecule has 1 aliphatic carbocycles. The first-order valence-corrected chi connectivity index (χ1v) is 6.07. The molecule has 0 aromatic rings. The van der Waals surface area contributed by atoms with E-state index in [0.717, 1.165) is 31.8 Å². The molecule has 1 atom stereocenters. The number of carbonyl (C=O) groups is 1. The lowest BCUT2D eigenvalue weighted by Gasteiger charge is -2.18. The van der Waals surface area contributed by atoms with Crippen molar-refractivity contribution in [3.63, 3.8) is 0 Å². The van der Waals surface area contributed by atoms with E-state index in [1.165, 1.54) is 12.8 Å². The summed E-state index contributed by atoms with van der Waals surface area (Å²) >= 11 is 0. The number of amides is 1. The van der Waals surface area contributed by atoms with Crippen LogP contribution in [0.3, 0.4) is 0 Å². The Hall–Kier alpha value is -0.570. The lowest BCUT2D eigenvalue weighted by Crippen LogP contribution is -2.28. The van der Waals surface area contributed by atoms with Gasteiger partial charge in [-0.25, -0.2) is 0 Å². The minimum Gasteiger partial charge on any atom is -0.345 e. The SMILES string of the molecule is CC(CCN)CCC(=O)N(C)CC1CC1. The number of nitrogens with zero attached hydrogens (tertiary/aromatic N) is 1. The quantitative estimate of drug-likeness (QED) is 0.697. The Labute approximate surface area is 93.0 Å². The number of carbonyl (C=O) groups excluding carboxylic acids is 1. The molecule has 1 fully saturated rings. The van der Waals surface area contributed by atoms with Crippen molar-refractivity contribution in [1.29, 1.82) is 0 Å². The Kier molecular flexibility index (Phi) is 5.09. The minimum absolute atomic E-state index is 0.297. The minimum atomic E-state index is 0.297. The molecule has 0 aliphatic heterocycles. The van der Waals surface area contributed by atoms with Crippen molar-refractivity contribution in [1.82, 2.24) is 4.90 Å². The van der Waals surface area contributed by atoms with Gasteiger partial charge < -0.3 is 10.6 Å². The molecule has 1 unspecified atom stereocenters. The highest BCUT2D eigenvalue weighted by atomic mass is 16.2. The Morgan fingerprint density at radius 2 is 2.13 bits per heavy atom. The summed E-state index contributed by atoms with van der Waals surface area (Å²) in [7, 11) is 1.92. The van der Waals surface area contributed by atoms with Crippen LogP contribution in [0.25, 0.3) is 0 Å². The van der Waals surface area contributed by atoms with Crippen molar-refractivity contribution in [3.05, 3.63) is 0 Å². The third-order valence-corrected chi connectivity index (χ3v) is 3.17. The summed E-state index contributed by atoms with van der Waals surface area (Å²) in [5.41, 5.74) is 5.47. The third kappa shape index (κ3) is 5.17. The highest BCUT2D eigenvalue weighted by Gasteiger charge is 2.24. The Morgan fingerprint density at radius 1 is 1.47 bits per heavy atom. The highest BCUT2D eigenvalue weighted by Crippen LogP contribution is 2.29. The molecule has 1 rings (SSSR count). The van der Waals surface area contributed by atoms with Gasteiger partial charge in [0, 0.05) is 20.0 Å². The Morgan fingerprint density at radius 3 is 2.67 bits per heavy atom. The van der Waals surface area contributed by atoms with Crippen LogP contribution in [0.2, 0.25) is 0 Å². The van der Waals surface area contributed by atoms with Crippen molar-refractivity contribution in [2.24, 2.45) is 17.6 Å². The van der Waals surface area contributed by atoms with Crippen LogP contribution >= 0.6 is 0 Å². The van der Waals surface area contributed by atoms with Crippen LogP contribution in [-0.2, 0) is 4.79 Å². The van der Waals surface area contributed by atoms with Gasteiger partial charge in [-0.3, -0.25) is 4.79 Å². The zero-order chi connectivity index (χ0) is 11.3. The van der Waals surface area contributed by atoms with Crippen molar-refractivity contribution in [3.8, 4) is 0 Å². The fraction of sp³-hybridized carbons (Fsp3) is 0.917. The number of hydrogen-bond donors (Lipinski definition) is 1. The molecule has 1 aliphatic rings. The van der Waals surface area contributed by atoms with Crippen LogP contribution in [0.1, 0.15) is 39.0 Å². The van der Waals surface area contributed by atoms with E-state index in [1.807, 2.05) is 11.9 Å². The largest absolute Gasteiger partial charge is 0.345 e. The molecule has 0 radical (unpaired) electrons. The predicted octanol–water partition coefficient (Wildman–Crippen LogP) is 1.62. The molecule has 0 aromatic carbocycles. The molecular weight excluding hydrogens is 188 g/mol. The van der Waals surface area contributed by atoms with Crippen molar-refractivity contribution in [2.45, 2.75) is 39.0 Å². The fourth-order valence-electron chi connectivity index (χ4n) is 1.78. The lowest BCUT2D eigenvalue weighted by atomic mass is 10.0. The highest BCUT2D eigenvalue weighted by molar-refractivity contribution is 5.75. The molecular formula is C12H24N2O. The molecule has 3 nitrogen and oxygen atoms in total. The standard InChI is InChI=1S/C12H24N2O/c1-10(7-8-13)3-6-12(15)14(2)9-11-4-5-11/h10-11H,3-9,13H2,1-2H3. The number of nitrogens with two attached hydrogens (primary N) is 1. The zero-order valence-corrected chi connectivity index (χ0v) is 10.0. The van der Waals surface area contributed by atoms with E-state index in [1.54, 1.807) is 0 Å². The number of hydrogen-bond acceptors (Lipinski definition) is 2. The van der Waals surface area contributed by atoms with Crippen molar-refractivity contribution >= 4 is 5.91 Å². The van der Waals surface area contributed by atoms with Crippen LogP contribution in [0.15, 0.2) is 0 Å². The topological polar surface area (TPSA) is 46.3 Å². The van der Waals surface area contributed by atoms with Gasteiger partial charge in [0.25, 0.3) is 0 Å². The van der Waals surface area contributed by atoms with E-state index in [-0.39, 0.29) is 0 Å². The summed E-state index contributed by atoms with van der Waals surface area (Å²) in [6, 6.07) is 0. The Balaban J connectivity index is 2.10. The van der Waals surface area contributed by atoms with Crippen LogP contribution < -0.4 is 5.73 Å². The predicted molar refractivity (Wildman–Crippen MR) is 62.4 cm³/mol. The smallest absolute Gasteiger partial charge is 0.222 e. The molecule has 1 amide bonds. The first-order valence-electron chi connectivity index (χ1n) is 6.07. The maximum atomic E-state index is 11.7. The molecule has 0 spiro atoms. The van der Waals surface area contributed by atoms with Gasteiger partial charge in [-0.2, -0.15) is 0 Å². The average Bonchev–Trinajstić information content (AvgIpc) is 2.98. The summed E-state index contributed by atoms with van der Waals surface area (Å²) < 4.78 is 0. The second-order valence-electron chi connectivity index (χ2n) is 4.94. The van der Waals surface area contributed by atoms with E-state index in [4.69, 9.17) is 5.73 Å². The first kappa shape index (κ1) is 12.5. The monoisotopic (exact) mass is 212 g/mol. The normalized spacial score (nSPS) is 17.5. The van der Waals surface area contributed by atoms with E-state index in [0.29, 0.717) is 18.2 Å². The van der Waals surface area contributed by atoms with E-state index < -0.39 is 0 Å². The maximum absolute atomic E-state index is 11.7. The van der Waals surface area contributed by atoms with Gasteiger partial charge in [0.05, 0.1) is 0 Å². The van der Waals surface area contributed by atoms with Crippen molar-refractivity contribution < 1.29 is 4.79 Å². The van der Waals surface area contributed by atoms with E-state index >= 15 is 0 Å². The van der Waals surface area contributed by atoms with Crippen LogP contribution in [-0.4, -0.2) is 30.9 Å². The molecule has 2 N–H and O–H groups in total. The molecule has 1 saturated carbocycles. The van der Waals surface area contributed by atoms with Gasteiger partial charge in [0.1, 0.15) is 0 Å². The second-order valence-corrected chi connectivity index (χ2v) is 4.94. The van der Waals surface area contributed by atoms with Gasteiger partial charge in [-0.15, -0.1) is 0 Å². The van der Waals surface area contributed by atoms with E-state index in [9.17, 15) is 4.79 Å². The molecule has 3 heteroatoms. The van der Waals surface area contributed by atoms with Gasteiger partial charge in [-0.05, 0) is 44.1 Å². The van der Waals surface area contributed by atoms with Gasteiger partial charge >= 0.3 is 0 Å². The summed E-state index contributed by atoms with van der Waals surface area (Å²) in [6.45, 7) is 3.86. The van der Waals surface area contributed by atoms with E-state index in [2.05, 4.69) is 6.92 Å².